The third-order valence-corrected chi connectivity index (χ3v) is 3.59. The Morgan fingerprint density at radius 2 is 1.96 bits per heavy atom. The van der Waals surface area contributed by atoms with Gasteiger partial charge < -0.3 is 24.8 Å². The van der Waals surface area contributed by atoms with Crippen molar-refractivity contribution in [3.63, 3.8) is 0 Å². The van der Waals surface area contributed by atoms with Crippen molar-refractivity contribution in [1.29, 1.82) is 0 Å². The van der Waals surface area contributed by atoms with Gasteiger partial charge in [-0.15, -0.1) is 0 Å². The Bertz CT molecular complexity index is 645. The van der Waals surface area contributed by atoms with Gasteiger partial charge in [0.2, 0.25) is 5.91 Å². The van der Waals surface area contributed by atoms with Gasteiger partial charge in [0.05, 0.1) is 14.2 Å². The molecule has 0 aliphatic carbocycles. The summed E-state index contributed by atoms with van der Waals surface area (Å²) in [6.45, 7) is 1.46. The zero-order chi connectivity index (χ0) is 17.7. The number of hydrogen-bond acceptors (Lipinski definition) is 6. The molecular weight excluding hydrogens is 316 g/mol. The summed E-state index contributed by atoms with van der Waals surface area (Å²) in [5.41, 5.74) is 0.481. The van der Waals surface area contributed by atoms with Crippen LogP contribution in [0.25, 0.3) is 0 Å². The molecule has 0 unspecified atom stereocenters. The highest BCUT2D eigenvalue weighted by Gasteiger charge is 2.30. The van der Waals surface area contributed by atoms with Gasteiger partial charge in [-0.25, -0.2) is 4.79 Å². The molecule has 0 saturated carbocycles. The molecule has 2 N–H and O–H groups in total. The van der Waals surface area contributed by atoms with Crippen molar-refractivity contribution in [2.45, 2.75) is 31.9 Å². The summed E-state index contributed by atoms with van der Waals surface area (Å²) in [5.74, 6) is -0.296. The van der Waals surface area contributed by atoms with Crippen molar-refractivity contribution in [3.05, 3.63) is 18.2 Å². The highest BCUT2D eigenvalue weighted by molar-refractivity contribution is 5.96. The number of methoxy groups -OCH3 is 2. The lowest BCUT2D eigenvalue weighted by atomic mass is 10.2. The molecule has 0 aromatic heterocycles. The van der Waals surface area contributed by atoms with Crippen molar-refractivity contribution in [3.8, 4) is 11.5 Å². The van der Waals surface area contributed by atoms with E-state index in [2.05, 4.69) is 10.6 Å². The number of nitrogens with one attached hydrogen (secondary N) is 2. The average Bonchev–Trinajstić information content (AvgIpc) is 3.01. The van der Waals surface area contributed by atoms with Crippen LogP contribution >= 0.6 is 0 Å². The second kappa shape index (κ2) is 7.67. The van der Waals surface area contributed by atoms with E-state index in [1.54, 1.807) is 18.2 Å². The lowest BCUT2D eigenvalue weighted by Crippen LogP contribution is -2.39. The first-order valence-electron chi connectivity index (χ1n) is 7.47. The second-order valence-electron chi connectivity index (χ2n) is 5.30. The topological polar surface area (TPSA) is 103 Å². The standard InChI is InChI=1S/C16H20N2O6/c1-9(24-16(21)11-5-7-14(19)18-11)15(20)17-10-4-6-12(22-2)13(8-10)23-3/h4,6,8-9,11H,5,7H2,1-3H3,(H,17,20)(H,18,19)/t9-,11+/m0/s1. The van der Waals surface area contributed by atoms with E-state index in [0.29, 0.717) is 23.6 Å². The number of rotatable bonds is 6. The Hall–Kier alpha value is -2.77. The lowest BCUT2D eigenvalue weighted by Gasteiger charge is -2.16. The van der Waals surface area contributed by atoms with E-state index in [1.807, 2.05) is 0 Å². The van der Waals surface area contributed by atoms with E-state index in [1.165, 1.54) is 21.1 Å². The summed E-state index contributed by atoms with van der Waals surface area (Å²) < 4.78 is 15.4. The largest absolute Gasteiger partial charge is 0.493 e. The SMILES string of the molecule is COc1ccc(NC(=O)[C@H](C)OC(=O)[C@H]2CCC(=O)N2)cc1OC. The normalized spacial score (nSPS) is 17.6. The van der Waals surface area contributed by atoms with Crippen LogP contribution in [0.15, 0.2) is 18.2 Å². The molecule has 24 heavy (non-hydrogen) atoms. The fourth-order valence-corrected chi connectivity index (χ4v) is 2.26. The average molecular weight is 336 g/mol. The molecule has 8 nitrogen and oxygen atoms in total. The summed E-state index contributed by atoms with van der Waals surface area (Å²) in [4.78, 5) is 35.1. The third-order valence-electron chi connectivity index (χ3n) is 3.59. The highest BCUT2D eigenvalue weighted by Crippen LogP contribution is 2.29. The Balaban J connectivity index is 1.94. The molecule has 130 valence electrons. The first-order valence-corrected chi connectivity index (χ1v) is 7.47. The fraction of sp³-hybridized carbons (Fsp3) is 0.438. The minimum atomic E-state index is -0.997. The second-order valence-corrected chi connectivity index (χ2v) is 5.30. The Kier molecular flexibility index (Phi) is 5.62. The summed E-state index contributed by atoms with van der Waals surface area (Å²) in [5, 5.41) is 5.13. The molecule has 0 bridgehead atoms. The predicted octanol–water partition coefficient (Wildman–Crippen LogP) is 0.853. The van der Waals surface area contributed by atoms with E-state index >= 15 is 0 Å². The van der Waals surface area contributed by atoms with Crippen LogP contribution in [-0.4, -0.2) is 44.1 Å². The molecule has 1 aliphatic rings. The van der Waals surface area contributed by atoms with Crippen LogP contribution in [0.4, 0.5) is 5.69 Å². The highest BCUT2D eigenvalue weighted by atomic mass is 16.5. The van der Waals surface area contributed by atoms with Crippen LogP contribution in [0.3, 0.4) is 0 Å². The summed E-state index contributed by atoms with van der Waals surface area (Å²) in [6.07, 6.45) is -0.337. The van der Waals surface area contributed by atoms with Crippen molar-refractivity contribution < 1.29 is 28.6 Å². The van der Waals surface area contributed by atoms with Crippen LogP contribution in [0.5, 0.6) is 11.5 Å². The number of amides is 2. The van der Waals surface area contributed by atoms with E-state index < -0.39 is 24.0 Å². The number of anilines is 1. The van der Waals surface area contributed by atoms with Gasteiger partial charge in [-0.2, -0.15) is 0 Å². The summed E-state index contributed by atoms with van der Waals surface area (Å²) >= 11 is 0. The number of hydrogen-bond donors (Lipinski definition) is 2. The molecule has 1 heterocycles. The molecule has 1 aromatic carbocycles. The van der Waals surface area contributed by atoms with Crippen LogP contribution in [0.2, 0.25) is 0 Å². The van der Waals surface area contributed by atoms with Gasteiger partial charge >= 0.3 is 5.97 Å². The fourth-order valence-electron chi connectivity index (χ4n) is 2.26. The Morgan fingerprint density at radius 3 is 2.54 bits per heavy atom. The van der Waals surface area contributed by atoms with Crippen LogP contribution in [0.1, 0.15) is 19.8 Å². The number of benzene rings is 1. The maximum atomic E-state index is 12.1. The van der Waals surface area contributed by atoms with Gasteiger partial charge in [0.1, 0.15) is 6.04 Å². The minimum absolute atomic E-state index is 0.195. The number of carbonyl (C=O) groups is 3. The van der Waals surface area contributed by atoms with Crippen molar-refractivity contribution in [2.75, 3.05) is 19.5 Å². The summed E-state index contributed by atoms with van der Waals surface area (Å²) in [7, 11) is 3.00. The molecular formula is C16H20N2O6. The number of esters is 1. The maximum Gasteiger partial charge on any atom is 0.329 e. The molecule has 1 aliphatic heterocycles. The molecule has 0 spiro atoms. The first kappa shape index (κ1) is 17.6. The summed E-state index contributed by atoms with van der Waals surface area (Å²) in [6, 6.07) is 4.21. The van der Waals surface area contributed by atoms with E-state index in [9.17, 15) is 14.4 Å². The molecule has 8 heteroatoms. The zero-order valence-electron chi connectivity index (χ0n) is 13.8. The first-order chi connectivity index (χ1) is 11.4. The predicted molar refractivity (Wildman–Crippen MR) is 84.9 cm³/mol. The molecule has 2 atom stereocenters. The van der Waals surface area contributed by atoms with E-state index in [-0.39, 0.29) is 12.3 Å². The smallest absolute Gasteiger partial charge is 0.329 e. The number of carbonyl (C=O) groups excluding carboxylic acids is 3. The molecule has 2 rings (SSSR count). The van der Waals surface area contributed by atoms with Gasteiger partial charge in [-0.1, -0.05) is 0 Å². The van der Waals surface area contributed by atoms with Gasteiger partial charge in [0.15, 0.2) is 17.6 Å². The van der Waals surface area contributed by atoms with Crippen molar-refractivity contribution in [1.82, 2.24) is 5.32 Å². The quantitative estimate of drug-likeness (QED) is 0.747. The van der Waals surface area contributed by atoms with Crippen LogP contribution in [-0.2, 0) is 19.1 Å². The Labute approximate surface area is 139 Å². The Morgan fingerprint density at radius 1 is 1.25 bits per heavy atom. The maximum absolute atomic E-state index is 12.1. The van der Waals surface area contributed by atoms with Crippen molar-refractivity contribution in [2.24, 2.45) is 0 Å². The van der Waals surface area contributed by atoms with E-state index in [4.69, 9.17) is 14.2 Å². The molecule has 1 saturated heterocycles. The number of ether oxygens (including phenoxy) is 3. The molecule has 1 fully saturated rings. The van der Waals surface area contributed by atoms with Crippen LogP contribution < -0.4 is 20.1 Å². The molecule has 2 amide bonds. The van der Waals surface area contributed by atoms with Crippen molar-refractivity contribution >= 4 is 23.5 Å². The van der Waals surface area contributed by atoms with Gasteiger partial charge in [0.25, 0.3) is 5.91 Å². The van der Waals surface area contributed by atoms with E-state index in [0.717, 1.165) is 0 Å². The van der Waals surface area contributed by atoms with Crippen LogP contribution in [0, 0.1) is 0 Å². The minimum Gasteiger partial charge on any atom is -0.493 e. The lowest BCUT2D eigenvalue weighted by molar-refractivity contribution is -0.155. The molecule has 0 radical (unpaired) electrons. The molecule has 1 aromatic rings. The monoisotopic (exact) mass is 336 g/mol. The third kappa shape index (κ3) is 4.15. The van der Waals surface area contributed by atoms with Gasteiger partial charge in [-0.3, -0.25) is 9.59 Å². The van der Waals surface area contributed by atoms with Gasteiger partial charge in [0, 0.05) is 18.2 Å². The zero-order valence-corrected chi connectivity index (χ0v) is 13.8. The van der Waals surface area contributed by atoms with Gasteiger partial charge in [-0.05, 0) is 25.5 Å².